The van der Waals surface area contributed by atoms with Crippen LogP contribution >= 0.6 is 0 Å². The number of methoxy groups -OCH3 is 1. The second kappa shape index (κ2) is 6.70. The van der Waals surface area contributed by atoms with Gasteiger partial charge < -0.3 is 18.9 Å². The van der Waals surface area contributed by atoms with Gasteiger partial charge in [-0.3, -0.25) is 9.59 Å². The summed E-state index contributed by atoms with van der Waals surface area (Å²) in [5, 5.41) is 0.684. The van der Waals surface area contributed by atoms with Crippen LogP contribution in [0.15, 0.2) is 39.2 Å². The third-order valence-corrected chi connectivity index (χ3v) is 6.60. The number of fused-ring (bicyclic) bond motifs is 1. The first-order chi connectivity index (χ1) is 15.0. The summed E-state index contributed by atoms with van der Waals surface area (Å²) in [5.74, 6) is 0.692. The summed E-state index contributed by atoms with van der Waals surface area (Å²) < 4.78 is 17.1. The predicted molar refractivity (Wildman–Crippen MR) is 116 cm³/mol. The fraction of sp³-hybridized carbons (Fsp3) is 0.480. The molecule has 0 bridgehead atoms. The number of carbonyl (C=O) groups is 3. The number of Topliss-reactive ketones (excluding diaryl/α,β-unsaturated/α-hetero) is 2. The fourth-order valence-corrected chi connectivity index (χ4v) is 5.27. The van der Waals surface area contributed by atoms with Crippen molar-refractivity contribution in [2.24, 2.45) is 10.8 Å². The summed E-state index contributed by atoms with van der Waals surface area (Å²) in [6.07, 6.45) is 2.03. The standard InChI is InChI=1S/C25H27NO6/c1-24(2)8-14(27)19-17(10-24)31-18-11-25(3,4)9-15(28)20(18)21(19)16-7-12-6-13(23(29)30-5)26-22(12)32-16/h6-7,21,26H,8-11H2,1-5H3. The van der Waals surface area contributed by atoms with E-state index in [2.05, 4.69) is 32.7 Å². The summed E-state index contributed by atoms with van der Waals surface area (Å²) in [4.78, 5) is 41.3. The summed E-state index contributed by atoms with van der Waals surface area (Å²) in [6, 6.07) is 3.44. The molecule has 32 heavy (non-hydrogen) atoms. The van der Waals surface area contributed by atoms with Gasteiger partial charge in [0, 0.05) is 42.2 Å². The molecule has 0 unspecified atom stereocenters. The summed E-state index contributed by atoms with van der Waals surface area (Å²) in [5.41, 5.74) is 1.32. The number of furan rings is 1. The second-order valence-electron chi connectivity index (χ2n) is 10.7. The minimum atomic E-state index is -0.594. The number of H-pyrrole nitrogens is 1. The molecule has 1 N–H and O–H groups in total. The van der Waals surface area contributed by atoms with Crippen molar-refractivity contribution in [1.29, 1.82) is 0 Å². The lowest BCUT2D eigenvalue weighted by molar-refractivity contribution is -0.120. The molecule has 2 aromatic heterocycles. The maximum atomic E-state index is 13.3. The Morgan fingerprint density at radius 3 is 2.03 bits per heavy atom. The fourth-order valence-electron chi connectivity index (χ4n) is 5.27. The molecule has 0 saturated heterocycles. The zero-order chi connectivity index (χ0) is 23.0. The smallest absolute Gasteiger partial charge is 0.354 e. The van der Waals surface area contributed by atoms with E-state index in [-0.39, 0.29) is 28.1 Å². The van der Waals surface area contributed by atoms with Crippen LogP contribution in [0.25, 0.3) is 11.1 Å². The van der Waals surface area contributed by atoms with Crippen LogP contribution in [-0.2, 0) is 19.1 Å². The summed E-state index contributed by atoms with van der Waals surface area (Å²) >= 11 is 0. The van der Waals surface area contributed by atoms with Crippen molar-refractivity contribution in [3.05, 3.63) is 46.3 Å². The van der Waals surface area contributed by atoms with Crippen molar-refractivity contribution in [2.45, 2.75) is 59.3 Å². The molecule has 7 heteroatoms. The highest BCUT2D eigenvalue weighted by Gasteiger charge is 2.48. The summed E-state index contributed by atoms with van der Waals surface area (Å²) in [6.45, 7) is 8.21. The lowest BCUT2D eigenvalue weighted by Crippen LogP contribution is -2.37. The molecule has 0 fully saturated rings. The molecule has 0 saturated carbocycles. The monoisotopic (exact) mass is 437 g/mol. The van der Waals surface area contributed by atoms with Crippen molar-refractivity contribution in [3.63, 3.8) is 0 Å². The number of aromatic amines is 1. The number of aromatic nitrogens is 1. The van der Waals surface area contributed by atoms with Gasteiger partial charge in [-0.25, -0.2) is 4.79 Å². The highest BCUT2D eigenvalue weighted by Crippen LogP contribution is 2.53. The molecule has 1 aliphatic heterocycles. The van der Waals surface area contributed by atoms with E-state index in [1.807, 2.05) is 0 Å². The largest absolute Gasteiger partial charge is 0.465 e. The quantitative estimate of drug-likeness (QED) is 0.668. The van der Waals surface area contributed by atoms with Gasteiger partial charge in [0.05, 0.1) is 13.0 Å². The normalized spacial score (nSPS) is 22.7. The third kappa shape index (κ3) is 3.22. The van der Waals surface area contributed by atoms with Crippen LogP contribution in [0.1, 0.15) is 75.5 Å². The number of rotatable bonds is 2. The van der Waals surface area contributed by atoms with E-state index in [4.69, 9.17) is 13.9 Å². The van der Waals surface area contributed by atoms with Crippen molar-refractivity contribution < 1.29 is 28.3 Å². The Morgan fingerprint density at radius 1 is 0.969 bits per heavy atom. The van der Waals surface area contributed by atoms with Gasteiger partial charge in [-0.2, -0.15) is 0 Å². The van der Waals surface area contributed by atoms with E-state index in [0.29, 0.717) is 65.2 Å². The molecular weight excluding hydrogens is 410 g/mol. The molecule has 168 valence electrons. The first kappa shape index (κ1) is 20.8. The molecule has 3 aliphatic rings. The van der Waals surface area contributed by atoms with Gasteiger partial charge in [0.25, 0.3) is 0 Å². The number of ketones is 2. The van der Waals surface area contributed by atoms with E-state index in [0.717, 1.165) is 0 Å². The molecule has 0 amide bonds. The van der Waals surface area contributed by atoms with Gasteiger partial charge in [0.15, 0.2) is 11.6 Å². The van der Waals surface area contributed by atoms with Crippen LogP contribution in [0.5, 0.6) is 0 Å². The third-order valence-electron chi connectivity index (χ3n) is 6.60. The molecule has 3 heterocycles. The Kier molecular flexibility index (Phi) is 4.36. The lowest BCUT2D eigenvalue weighted by Gasteiger charge is -2.42. The van der Waals surface area contributed by atoms with Gasteiger partial charge in [-0.15, -0.1) is 0 Å². The number of carbonyl (C=O) groups excluding carboxylic acids is 3. The van der Waals surface area contributed by atoms with Crippen LogP contribution in [0, 0.1) is 10.8 Å². The minimum Gasteiger partial charge on any atom is -0.465 e. The number of hydrogen-bond donors (Lipinski definition) is 1. The molecule has 5 rings (SSSR count). The number of esters is 1. The molecule has 0 spiro atoms. The number of nitrogens with one attached hydrogen (secondary N) is 1. The Labute approximate surface area is 185 Å². The highest BCUT2D eigenvalue weighted by atomic mass is 16.5. The van der Waals surface area contributed by atoms with Crippen LogP contribution in [0.2, 0.25) is 0 Å². The molecule has 0 aromatic carbocycles. The molecular formula is C25H27NO6. The van der Waals surface area contributed by atoms with Gasteiger partial charge in [-0.1, -0.05) is 27.7 Å². The SMILES string of the molecule is COC(=O)c1cc2cc(C3C4=C(CC(C)(C)CC4=O)OC4=C3C(=O)CC(C)(C)C4)oc2[nH]1. The second-order valence-corrected chi connectivity index (χ2v) is 10.7. The molecule has 0 radical (unpaired) electrons. The zero-order valence-corrected chi connectivity index (χ0v) is 19.0. The van der Waals surface area contributed by atoms with Crippen LogP contribution in [0.3, 0.4) is 0 Å². The van der Waals surface area contributed by atoms with E-state index in [1.165, 1.54) is 7.11 Å². The topological polar surface area (TPSA) is 98.6 Å². The maximum absolute atomic E-state index is 13.3. The molecule has 2 aromatic rings. The predicted octanol–water partition coefficient (Wildman–Crippen LogP) is 4.95. The van der Waals surface area contributed by atoms with Crippen molar-refractivity contribution in [2.75, 3.05) is 7.11 Å². The van der Waals surface area contributed by atoms with Gasteiger partial charge in [-0.05, 0) is 23.0 Å². The van der Waals surface area contributed by atoms with E-state index < -0.39 is 11.9 Å². The average molecular weight is 437 g/mol. The van der Waals surface area contributed by atoms with Gasteiger partial charge >= 0.3 is 5.97 Å². The van der Waals surface area contributed by atoms with E-state index in [9.17, 15) is 14.4 Å². The van der Waals surface area contributed by atoms with Crippen LogP contribution in [-0.4, -0.2) is 29.6 Å². The molecule has 2 aliphatic carbocycles. The maximum Gasteiger partial charge on any atom is 0.354 e. The van der Waals surface area contributed by atoms with Crippen molar-refractivity contribution in [3.8, 4) is 0 Å². The van der Waals surface area contributed by atoms with Crippen LogP contribution < -0.4 is 0 Å². The van der Waals surface area contributed by atoms with Gasteiger partial charge in [0.2, 0.25) is 5.71 Å². The minimum absolute atomic E-state index is 0.0132. The number of hydrogen-bond acceptors (Lipinski definition) is 6. The first-order valence-electron chi connectivity index (χ1n) is 10.9. The Bertz CT molecular complexity index is 1160. The van der Waals surface area contributed by atoms with Gasteiger partial charge in [0.1, 0.15) is 23.0 Å². The Hall–Kier alpha value is -3.09. The van der Waals surface area contributed by atoms with Crippen molar-refractivity contribution in [1.82, 2.24) is 4.98 Å². The number of ether oxygens (including phenoxy) is 2. The van der Waals surface area contributed by atoms with Crippen molar-refractivity contribution >= 4 is 28.6 Å². The Morgan fingerprint density at radius 2 is 1.53 bits per heavy atom. The average Bonchev–Trinajstić information content (AvgIpc) is 3.22. The summed E-state index contributed by atoms with van der Waals surface area (Å²) in [7, 11) is 1.31. The number of allylic oxidation sites excluding steroid dienone is 4. The Balaban J connectivity index is 1.67. The first-order valence-corrected chi connectivity index (χ1v) is 10.9. The van der Waals surface area contributed by atoms with E-state index in [1.54, 1.807) is 12.1 Å². The molecule has 0 atom stereocenters. The van der Waals surface area contributed by atoms with E-state index >= 15 is 0 Å². The zero-order valence-electron chi connectivity index (χ0n) is 19.0. The molecule has 7 nitrogen and oxygen atoms in total. The van der Waals surface area contributed by atoms with Crippen LogP contribution in [0.4, 0.5) is 0 Å². The highest BCUT2D eigenvalue weighted by molar-refractivity contribution is 6.06. The lowest BCUT2D eigenvalue weighted by atomic mass is 9.66.